The second kappa shape index (κ2) is 4.80. The molecule has 1 amide bonds. The second-order valence-electron chi connectivity index (χ2n) is 4.24. The van der Waals surface area contributed by atoms with Crippen LogP contribution in [0.1, 0.15) is 11.1 Å². The Morgan fingerprint density at radius 3 is 2.53 bits per heavy atom. The number of hydrogen-bond donors (Lipinski definition) is 2. The molecular weight excluding hydrogens is 230 g/mol. The first-order valence-electron chi connectivity index (χ1n) is 5.52. The van der Waals surface area contributed by atoms with E-state index in [1.54, 1.807) is 0 Å². The highest BCUT2D eigenvalue weighted by Gasteiger charge is 2.28. The molecule has 0 saturated heterocycles. The number of amides is 1. The lowest BCUT2D eigenvalue weighted by molar-refractivity contribution is -0.119. The number of aryl methyl sites for hydroxylation is 1. The van der Waals surface area contributed by atoms with Crippen molar-refractivity contribution in [2.24, 2.45) is 11.7 Å². The van der Waals surface area contributed by atoms with Crippen LogP contribution in [0.25, 0.3) is 5.57 Å². The molecule has 2 N–H and O–H groups in total. The van der Waals surface area contributed by atoms with Gasteiger partial charge in [-0.3, -0.25) is 4.79 Å². The lowest BCUT2D eigenvalue weighted by atomic mass is 9.85. The molecule has 17 heavy (non-hydrogen) atoms. The summed E-state index contributed by atoms with van der Waals surface area (Å²) in [6.07, 6.45) is 5.75. The SMILES string of the molecule is Cc1ccc(C2=CC=CC(S)C2C(N)=O)cc1. The summed E-state index contributed by atoms with van der Waals surface area (Å²) in [5.41, 5.74) is 8.62. The molecule has 2 nitrogen and oxygen atoms in total. The van der Waals surface area contributed by atoms with Crippen molar-refractivity contribution in [2.75, 3.05) is 0 Å². The van der Waals surface area contributed by atoms with E-state index < -0.39 is 0 Å². The average molecular weight is 245 g/mol. The number of hydrogen-bond acceptors (Lipinski definition) is 2. The standard InChI is InChI=1S/C14H15NOS/c1-9-5-7-10(8-6-9)11-3-2-4-12(17)13(11)14(15)16/h2-8,12-13,17H,1H3,(H2,15,16). The Hall–Kier alpha value is -1.48. The first kappa shape index (κ1) is 12.0. The molecule has 1 aromatic rings. The first-order valence-corrected chi connectivity index (χ1v) is 6.04. The van der Waals surface area contributed by atoms with E-state index in [0.717, 1.165) is 11.1 Å². The summed E-state index contributed by atoms with van der Waals surface area (Å²) in [5.74, 6) is -0.688. The van der Waals surface area contributed by atoms with E-state index in [0.29, 0.717) is 0 Å². The van der Waals surface area contributed by atoms with Crippen LogP contribution in [0.2, 0.25) is 0 Å². The van der Waals surface area contributed by atoms with Gasteiger partial charge in [0.05, 0.1) is 5.92 Å². The number of carbonyl (C=O) groups is 1. The fourth-order valence-corrected chi connectivity index (χ4v) is 2.42. The summed E-state index contributed by atoms with van der Waals surface area (Å²) < 4.78 is 0. The van der Waals surface area contributed by atoms with Crippen molar-refractivity contribution < 1.29 is 4.79 Å². The van der Waals surface area contributed by atoms with E-state index in [2.05, 4.69) is 12.6 Å². The van der Waals surface area contributed by atoms with Gasteiger partial charge in [0, 0.05) is 5.25 Å². The molecule has 1 aliphatic carbocycles. The van der Waals surface area contributed by atoms with Gasteiger partial charge in [-0.25, -0.2) is 0 Å². The summed E-state index contributed by atoms with van der Waals surface area (Å²) in [7, 11) is 0. The Labute approximate surface area is 107 Å². The Morgan fingerprint density at radius 1 is 1.29 bits per heavy atom. The van der Waals surface area contributed by atoms with Crippen LogP contribution in [0.15, 0.2) is 42.5 Å². The van der Waals surface area contributed by atoms with Gasteiger partial charge in [0.2, 0.25) is 5.91 Å². The zero-order valence-electron chi connectivity index (χ0n) is 9.63. The highest BCUT2D eigenvalue weighted by molar-refractivity contribution is 7.81. The molecule has 1 aliphatic rings. The molecule has 0 heterocycles. The molecule has 3 heteroatoms. The molecule has 0 fully saturated rings. The predicted octanol–water partition coefficient (Wildman–Crippen LogP) is 2.35. The Morgan fingerprint density at radius 2 is 1.94 bits per heavy atom. The zero-order chi connectivity index (χ0) is 12.4. The largest absolute Gasteiger partial charge is 0.369 e. The molecule has 2 unspecified atom stereocenters. The summed E-state index contributed by atoms with van der Waals surface area (Å²) in [6.45, 7) is 2.03. The smallest absolute Gasteiger partial charge is 0.226 e. The molecule has 2 atom stereocenters. The fourth-order valence-electron chi connectivity index (χ4n) is 2.02. The molecule has 0 spiro atoms. The summed E-state index contributed by atoms with van der Waals surface area (Å²) in [6, 6.07) is 8.08. The molecule has 2 rings (SSSR count). The number of primary amides is 1. The van der Waals surface area contributed by atoms with Crippen LogP contribution in [-0.2, 0) is 4.79 Å². The second-order valence-corrected chi connectivity index (χ2v) is 4.84. The van der Waals surface area contributed by atoms with Gasteiger partial charge in [0.25, 0.3) is 0 Å². The van der Waals surface area contributed by atoms with Gasteiger partial charge in [0.15, 0.2) is 0 Å². The Kier molecular flexibility index (Phi) is 3.38. The van der Waals surface area contributed by atoms with Gasteiger partial charge < -0.3 is 5.73 Å². The van der Waals surface area contributed by atoms with E-state index in [9.17, 15) is 4.79 Å². The van der Waals surface area contributed by atoms with Gasteiger partial charge in [-0.15, -0.1) is 0 Å². The summed E-state index contributed by atoms with van der Waals surface area (Å²) in [5, 5.41) is -0.145. The van der Waals surface area contributed by atoms with Crippen LogP contribution in [0.4, 0.5) is 0 Å². The van der Waals surface area contributed by atoms with E-state index in [1.165, 1.54) is 5.56 Å². The molecule has 0 bridgehead atoms. The average Bonchev–Trinajstić information content (AvgIpc) is 2.29. The highest BCUT2D eigenvalue weighted by atomic mass is 32.1. The minimum Gasteiger partial charge on any atom is -0.369 e. The van der Waals surface area contributed by atoms with Gasteiger partial charge in [-0.1, -0.05) is 48.1 Å². The molecular formula is C14H15NOS. The lowest BCUT2D eigenvalue weighted by Crippen LogP contribution is -2.32. The van der Waals surface area contributed by atoms with E-state index in [-0.39, 0.29) is 17.1 Å². The third-order valence-corrected chi connectivity index (χ3v) is 3.42. The summed E-state index contributed by atoms with van der Waals surface area (Å²) >= 11 is 4.40. The minimum atomic E-state index is -0.356. The third kappa shape index (κ3) is 2.44. The molecule has 0 radical (unpaired) electrons. The van der Waals surface area contributed by atoms with Gasteiger partial charge in [-0.2, -0.15) is 12.6 Å². The fraction of sp³-hybridized carbons (Fsp3) is 0.214. The van der Waals surface area contributed by atoms with Crippen LogP contribution < -0.4 is 5.73 Å². The van der Waals surface area contributed by atoms with Gasteiger partial charge in [-0.05, 0) is 18.1 Å². The number of nitrogens with two attached hydrogens (primary N) is 1. The van der Waals surface area contributed by atoms with Crippen molar-refractivity contribution in [1.82, 2.24) is 0 Å². The highest BCUT2D eigenvalue weighted by Crippen LogP contribution is 2.32. The molecule has 88 valence electrons. The molecule has 0 aliphatic heterocycles. The molecule has 0 saturated carbocycles. The number of benzene rings is 1. The maximum absolute atomic E-state index is 11.5. The van der Waals surface area contributed by atoms with Crippen molar-refractivity contribution in [2.45, 2.75) is 12.2 Å². The van der Waals surface area contributed by atoms with Gasteiger partial charge >= 0.3 is 0 Å². The number of allylic oxidation sites excluding steroid dienone is 2. The van der Waals surface area contributed by atoms with Crippen LogP contribution in [0, 0.1) is 12.8 Å². The predicted molar refractivity (Wildman–Crippen MR) is 73.8 cm³/mol. The lowest BCUT2D eigenvalue weighted by Gasteiger charge is -2.24. The zero-order valence-corrected chi connectivity index (χ0v) is 10.5. The number of carbonyl (C=O) groups excluding carboxylic acids is 1. The van der Waals surface area contributed by atoms with Crippen LogP contribution >= 0.6 is 12.6 Å². The molecule has 1 aromatic carbocycles. The topological polar surface area (TPSA) is 43.1 Å². The van der Waals surface area contributed by atoms with E-state index in [4.69, 9.17) is 5.73 Å². The first-order chi connectivity index (χ1) is 8.09. The van der Waals surface area contributed by atoms with Gasteiger partial charge in [0.1, 0.15) is 0 Å². The normalized spacial score (nSPS) is 23.3. The Bertz CT molecular complexity index is 487. The Balaban J connectivity index is 2.41. The van der Waals surface area contributed by atoms with Crippen LogP contribution in [0.3, 0.4) is 0 Å². The quantitative estimate of drug-likeness (QED) is 0.772. The van der Waals surface area contributed by atoms with E-state index >= 15 is 0 Å². The van der Waals surface area contributed by atoms with Crippen molar-refractivity contribution in [1.29, 1.82) is 0 Å². The van der Waals surface area contributed by atoms with Crippen molar-refractivity contribution in [3.05, 3.63) is 53.6 Å². The van der Waals surface area contributed by atoms with Crippen LogP contribution in [0.5, 0.6) is 0 Å². The minimum absolute atomic E-state index is 0.145. The van der Waals surface area contributed by atoms with Crippen molar-refractivity contribution >= 4 is 24.1 Å². The number of rotatable bonds is 2. The van der Waals surface area contributed by atoms with Crippen molar-refractivity contribution in [3.63, 3.8) is 0 Å². The third-order valence-electron chi connectivity index (χ3n) is 2.95. The molecule has 0 aromatic heterocycles. The maximum atomic E-state index is 11.5. The van der Waals surface area contributed by atoms with Crippen LogP contribution in [-0.4, -0.2) is 11.2 Å². The van der Waals surface area contributed by atoms with E-state index in [1.807, 2.05) is 49.4 Å². The summed E-state index contributed by atoms with van der Waals surface area (Å²) in [4.78, 5) is 11.5. The van der Waals surface area contributed by atoms with Crippen molar-refractivity contribution in [3.8, 4) is 0 Å². The number of thiol groups is 1. The monoisotopic (exact) mass is 245 g/mol. The maximum Gasteiger partial charge on any atom is 0.226 e.